The maximum Gasteiger partial charge on any atom is 0.409 e. The van der Waals surface area contributed by atoms with Gasteiger partial charge in [0.25, 0.3) is 0 Å². The van der Waals surface area contributed by atoms with Crippen LogP contribution in [0.25, 0.3) is 0 Å². The van der Waals surface area contributed by atoms with Crippen molar-refractivity contribution in [3.63, 3.8) is 0 Å². The van der Waals surface area contributed by atoms with Gasteiger partial charge in [0.2, 0.25) is 5.91 Å². The van der Waals surface area contributed by atoms with Crippen molar-refractivity contribution in [2.75, 3.05) is 24.7 Å². The number of anilines is 1. The molecule has 1 aliphatic heterocycles. The Hall–Kier alpha value is -2.97. The first-order chi connectivity index (χ1) is 14.2. The number of carbonyl (C=O) groups excluding carboxylic acids is 2. The Bertz CT molecular complexity index is 1120. The number of fused-ring (bicyclic) bond motifs is 1. The second kappa shape index (κ2) is 8.81. The highest BCUT2D eigenvalue weighted by atomic mass is 32.2. The summed E-state index contributed by atoms with van der Waals surface area (Å²) in [7, 11) is -2.46. The monoisotopic (exact) mass is 451 g/mol. The number of amides is 2. The first-order valence-electron chi connectivity index (χ1n) is 8.91. The Kier molecular flexibility index (Phi) is 6.38. The number of nitriles is 1. The fraction of sp³-hybridized carbons (Fsp3) is 0.316. The van der Waals surface area contributed by atoms with Crippen LogP contribution >= 0.6 is 11.3 Å². The maximum absolute atomic E-state index is 13.0. The van der Waals surface area contributed by atoms with E-state index >= 15 is 0 Å². The van der Waals surface area contributed by atoms with Gasteiger partial charge in [-0.05, 0) is 36.2 Å². The number of methoxy groups -OCH3 is 1. The number of ether oxygens (including phenoxy) is 1. The Morgan fingerprint density at radius 3 is 2.67 bits per heavy atom. The molecule has 1 N–H and O–H groups in total. The molecular weight excluding hydrogens is 433 g/mol. The fourth-order valence-corrected chi connectivity index (χ4v) is 5.54. The molecule has 0 saturated heterocycles. The van der Waals surface area contributed by atoms with E-state index in [1.54, 1.807) is 0 Å². The molecule has 1 aromatic carbocycles. The largest absolute Gasteiger partial charge is 0.453 e. The molecule has 11 heteroatoms. The minimum Gasteiger partial charge on any atom is -0.453 e. The molecule has 0 spiro atoms. The highest BCUT2D eigenvalue weighted by molar-refractivity contribution is 7.91. The molecule has 0 radical (unpaired) electrons. The minimum atomic E-state index is -3.75. The van der Waals surface area contributed by atoms with Gasteiger partial charge in [0.15, 0.2) is 9.84 Å². The van der Waals surface area contributed by atoms with Crippen molar-refractivity contribution in [2.24, 2.45) is 0 Å². The lowest BCUT2D eigenvalue weighted by molar-refractivity contribution is -0.115. The zero-order chi connectivity index (χ0) is 21.9. The molecule has 3 rings (SSSR count). The number of nitrogens with zero attached hydrogens (tertiary/aromatic N) is 2. The maximum atomic E-state index is 13.0. The third-order valence-corrected chi connectivity index (χ3v) is 7.49. The van der Waals surface area contributed by atoms with Gasteiger partial charge < -0.3 is 15.0 Å². The molecule has 0 atom stereocenters. The first kappa shape index (κ1) is 21.7. The Morgan fingerprint density at radius 1 is 1.33 bits per heavy atom. The third kappa shape index (κ3) is 4.60. The molecule has 1 aromatic heterocycles. The summed E-state index contributed by atoms with van der Waals surface area (Å²) >= 11 is 1.18. The van der Waals surface area contributed by atoms with Gasteiger partial charge in [-0.15, -0.1) is 11.3 Å². The van der Waals surface area contributed by atoms with E-state index in [4.69, 9.17) is 4.74 Å². The van der Waals surface area contributed by atoms with Gasteiger partial charge >= 0.3 is 6.09 Å². The van der Waals surface area contributed by atoms with E-state index in [-0.39, 0.29) is 17.9 Å². The molecule has 158 valence electrons. The smallest absolute Gasteiger partial charge is 0.409 e. The van der Waals surface area contributed by atoms with Crippen LogP contribution in [0.4, 0.5) is 14.2 Å². The SMILES string of the molecule is COC(=O)N1CCc2c(sc(NC(=O)CCS(=O)(=O)c3ccc(F)cc3)c2C#N)C1. The first-order valence-corrected chi connectivity index (χ1v) is 11.4. The number of hydrogen-bond acceptors (Lipinski definition) is 7. The molecule has 2 amide bonds. The molecule has 2 aromatic rings. The number of carbonyl (C=O) groups is 2. The average molecular weight is 452 g/mol. The van der Waals surface area contributed by atoms with Crippen LogP contribution < -0.4 is 5.32 Å². The predicted octanol–water partition coefficient (Wildman–Crippen LogP) is 2.69. The van der Waals surface area contributed by atoms with Crippen molar-refractivity contribution in [1.29, 1.82) is 5.26 Å². The summed E-state index contributed by atoms with van der Waals surface area (Å²) in [4.78, 5) is 26.3. The number of sulfone groups is 1. The quantitative estimate of drug-likeness (QED) is 0.699. The molecule has 2 heterocycles. The van der Waals surface area contributed by atoms with Crippen molar-refractivity contribution in [1.82, 2.24) is 4.90 Å². The molecule has 8 nitrogen and oxygen atoms in total. The van der Waals surface area contributed by atoms with E-state index in [0.29, 0.717) is 23.5 Å². The number of thiophene rings is 1. The van der Waals surface area contributed by atoms with Gasteiger partial charge in [-0.1, -0.05) is 0 Å². The van der Waals surface area contributed by atoms with E-state index < -0.39 is 33.4 Å². The molecule has 1 aliphatic rings. The van der Waals surface area contributed by atoms with Crippen LogP contribution in [0.15, 0.2) is 29.2 Å². The lowest BCUT2D eigenvalue weighted by atomic mass is 10.0. The van der Waals surface area contributed by atoms with E-state index in [0.717, 1.165) is 34.7 Å². The summed E-state index contributed by atoms with van der Waals surface area (Å²) in [6, 6.07) is 6.46. The van der Waals surface area contributed by atoms with Gasteiger partial charge in [-0.25, -0.2) is 17.6 Å². The number of hydrogen-bond donors (Lipinski definition) is 1. The highest BCUT2D eigenvalue weighted by Gasteiger charge is 2.28. The second-order valence-corrected chi connectivity index (χ2v) is 9.75. The summed E-state index contributed by atoms with van der Waals surface area (Å²) in [6.07, 6.45) is -0.329. The number of benzene rings is 1. The van der Waals surface area contributed by atoms with Gasteiger partial charge in [0, 0.05) is 17.8 Å². The highest BCUT2D eigenvalue weighted by Crippen LogP contribution is 2.36. The summed E-state index contributed by atoms with van der Waals surface area (Å²) < 4.78 is 42.3. The number of nitrogens with one attached hydrogen (secondary N) is 1. The zero-order valence-corrected chi connectivity index (χ0v) is 17.6. The van der Waals surface area contributed by atoms with Crippen molar-refractivity contribution in [3.8, 4) is 6.07 Å². The zero-order valence-electron chi connectivity index (χ0n) is 16.0. The van der Waals surface area contributed by atoms with Crippen LogP contribution in [-0.2, 0) is 32.3 Å². The lowest BCUT2D eigenvalue weighted by Crippen LogP contribution is -2.35. The molecule has 0 bridgehead atoms. The van der Waals surface area contributed by atoms with Crippen molar-refractivity contribution < 1.29 is 27.1 Å². The van der Waals surface area contributed by atoms with Gasteiger partial charge in [0.1, 0.15) is 16.9 Å². The lowest BCUT2D eigenvalue weighted by Gasteiger charge is -2.25. The van der Waals surface area contributed by atoms with Crippen LogP contribution in [0.3, 0.4) is 0 Å². The topological polar surface area (TPSA) is 117 Å². The molecular formula is C19H18FN3O5S2. The Morgan fingerprint density at radius 2 is 2.03 bits per heavy atom. The third-order valence-electron chi connectivity index (χ3n) is 4.63. The molecule has 0 aliphatic carbocycles. The Balaban J connectivity index is 1.69. The molecule has 0 saturated carbocycles. The average Bonchev–Trinajstić information content (AvgIpc) is 3.08. The van der Waals surface area contributed by atoms with E-state index in [1.807, 2.05) is 0 Å². The van der Waals surface area contributed by atoms with Gasteiger partial charge in [-0.2, -0.15) is 5.26 Å². The summed E-state index contributed by atoms with van der Waals surface area (Å²) in [5.41, 5.74) is 1.10. The summed E-state index contributed by atoms with van der Waals surface area (Å²) in [5, 5.41) is 12.4. The predicted molar refractivity (Wildman–Crippen MR) is 107 cm³/mol. The minimum absolute atomic E-state index is 0.0658. The number of rotatable bonds is 5. The van der Waals surface area contributed by atoms with E-state index in [9.17, 15) is 27.7 Å². The van der Waals surface area contributed by atoms with Crippen molar-refractivity contribution >= 4 is 38.2 Å². The van der Waals surface area contributed by atoms with E-state index in [1.165, 1.54) is 23.3 Å². The van der Waals surface area contributed by atoms with Crippen LogP contribution in [-0.4, -0.2) is 44.7 Å². The van der Waals surface area contributed by atoms with Gasteiger partial charge in [-0.3, -0.25) is 4.79 Å². The molecule has 0 unspecified atom stereocenters. The van der Waals surface area contributed by atoms with Crippen LogP contribution in [0.2, 0.25) is 0 Å². The fourth-order valence-electron chi connectivity index (χ4n) is 3.07. The molecule has 30 heavy (non-hydrogen) atoms. The second-order valence-electron chi connectivity index (χ2n) is 6.53. The standard InChI is InChI=1S/C19H18FN3O5S2/c1-28-19(25)23-8-6-14-15(10-21)18(29-16(14)11-23)22-17(24)7-9-30(26,27)13-4-2-12(20)3-5-13/h2-5H,6-9,11H2,1H3,(H,22,24). The van der Waals surface area contributed by atoms with Crippen LogP contribution in [0.5, 0.6) is 0 Å². The van der Waals surface area contributed by atoms with E-state index in [2.05, 4.69) is 11.4 Å². The summed E-state index contributed by atoms with van der Waals surface area (Å²) in [6.45, 7) is 0.671. The van der Waals surface area contributed by atoms with Crippen molar-refractivity contribution in [3.05, 3.63) is 46.1 Å². The normalized spacial score (nSPS) is 13.3. The summed E-state index contributed by atoms with van der Waals surface area (Å²) in [5.74, 6) is -1.56. The Labute approximate surface area is 176 Å². The van der Waals surface area contributed by atoms with Gasteiger partial charge in [0.05, 0.1) is 29.9 Å². The molecule has 0 fully saturated rings. The van der Waals surface area contributed by atoms with Crippen LogP contribution in [0.1, 0.15) is 22.4 Å². The van der Waals surface area contributed by atoms with Crippen molar-refractivity contribution in [2.45, 2.75) is 24.3 Å². The number of halogens is 1. The van der Waals surface area contributed by atoms with Crippen LogP contribution in [0, 0.1) is 17.1 Å².